The fourth-order valence-corrected chi connectivity index (χ4v) is 3.31. The van der Waals surface area contributed by atoms with E-state index >= 15 is 0 Å². The molecule has 3 atom stereocenters. The van der Waals surface area contributed by atoms with E-state index in [2.05, 4.69) is 10.2 Å². The van der Waals surface area contributed by atoms with Gasteiger partial charge >= 0.3 is 0 Å². The summed E-state index contributed by atoms with van der Waals surface area (Å²) in [5.41, 5.74) is 1.03. The lowest BCUT2D eigenvalue weighted by Gasteiger charge is -2.24. The van der Waals surface area contributed by atoms with Crippen LogP contribution in [0.4, 0.5) is 0 Å². The van der Waals surface area contributed by atoms with Crippen LogP contribution in [-0.2, 0) is 0 Å². The Labute approximate surface area is 109 Å². The van der Waals surface area contributed by atoms with Crippen LogP contribution >= 0.6 is 0 Å². The van der Waals surface area contributed by atoms with Crippen LogP contribution in [-0.4, -0.2) is 42.2 Å². The fourth-order valence-electron chi connectivity index (χ4n) is 3.31. The van der Waals surface area contributed by atoms with E-state index in [-0.39, 0.29) is 6.10 Å². The number of nitrogens with zero attached hydrogens (tertiary/aromatic N) is 1. The van der Waals surface area contributed by atoms with Gasteiger partial charge in [0, 0.05) is 25.7 Å². The molecule has 0 bridgehead atoms. The lowest BCUT2D eigenvalue weighted by atomic mass is 9.94. The summed E-state index contributed by atoms with van der Waals surface area (Å²) >= 11 is 0. The van der Waals surface area contributed by atoms with Gasteiger partial charge in [0.05, 0.1) is 6.10 Å². The number of piperidine rings is 1. The van der Waals surface area contributed by atoms with Gasteiger partial charge in [-0.05, 0) is 30.9 Å². The number of β-amino-alcohol motifs (C(OH)–C–C–N with tert-alkyl or cyclic N) is 1. The van der Waals surface area contributed by atoms with Crippen molar-refractivity contribution in [2.75, 3.05) is 26.2 Å². The minimum Gasteiger partial charge on any atom is -0.387 e. The van der Waals surface area contributed by atoms with E-state index < -0.39 is 0 Å². The van der Waals surface area contributed by atoms with Crippen molar-refractivity contribution in [2.24, 2.45) is 5.92 Å². The van der Waals surface area contributed by atoms with Gasteiger partial charge in [0.2, 0.25) is 0 Å². The van der Waals surface area contributed by atoms with Gasteiger partial charge in [-0.1, -0.05) is 30.3 Å². The van der Waals surface area contributed by atoms with E-state index in [9.17, 15) is 5.11 Å². The highest BCUT2D eigenvalue weighted by atomic mass is 16.3. The van der Waals surface area contributed by atoms with Gasteiger partial charge in [0.25, 0.3) is 0 Å². The molecule has 0 aromatic heterocycles. The SMILES string of the molecule is OC(CN1CC2CCCNC2C1)c1ccccc1. The Morgan fingerprint density at radius 2 is 2.11 bits per heavy atom. The van der Waals surface area contributed by atoms with Crippen LogP contribution in [0.3, 0.4) is 0 Å². The van der Waals surface area contributed by atoms with E-state index in [0.29, 0.717) is 6.04 Å². The molecule has 2 saturated heterocycles. The number of benzene rings is 1. The molecule has 3 heteroatoms. The average molecular weight is 246 g/mol. The maximum atomic E-state index is 10.3. The average Bonchev–Trinajstić information content (AvgIpc) is 2.82. The number of aliphatic hydroxyl groups excluding tert-OH is 1. The molecule has 0 amide bonds. The molecule has 2 aliphatic heterocycles. The Kier molecular flexibility index (Phi) is 3.64. The molecule has 2 aliphatic rings. The summed E-state index contributed by atoms with van der Waals surface area (Å²) in [7, 11) is 0. The van der Waals surface area contributed by atoms with Crippen LogP contribution in [0.2, 0.25) is 0 Å². The Morgan fingerprint density at radius 3 is 2.89 bits per heavy atom. The Bertz CT molecular complexity index is 367. The first-order chi connectivity index (χ1) is 8.83. The van der Waals surface area contributed by atoms with Gasteiger partial charge < -0.3 is 10.4 Å². The maximum absolute atomic E-state index is 10.3. The van der Waals surface area contributed by atoms with Gasteiger partial charge in [0.1, 0.15) is 0 Å². The third-order valence-corrected chi connectivity index (χ3v) is 4.29. The molecule has 3 unspecified atom stereocenters. The minimum atomic E-state index is -0.355. The first-order valence-corrected chi connectivity index (χ1v) is 7.01. The Morgan fingerprint density at radius 1 is 1.28 bits per heavy atom. The van der Waals surface area contributed by atoms with Crippen LogP contribution in [0.1, 0.15) is 24.5 Å². The van der Waals surface area contributed by atoms with Gasteiger partial charge in [0.15, 0.2) is 0 Å². The van der Waals surface area contributed by atoms with Gasteiger partial charge in [-0.25, -0.2) is 0 Å². The number of nitrogens with one attached hydrogen (secondary N) is 1. The highest BCUT2D eigenvalue weighted by Gasteiger charge is 2.34. The van der Waals surface area contributed by atoms with Crippen molar-refractivity contribution in [1.82, 2.24) is 10.2 Å². The van der Waals surface area contributed by atoms with Crippen molar-refractivity contribution >= 4 is 0 Å². The van der Waals surface area contributed by atoms with Crippen molar-refractivity contribution in [3.8, 4) is 0 Å². The van der Waals surface area contributed by atoms with Gasteiger partial charge in [-0.3, -0.25) is 4.90 Å². The molecule has 3 rings (SSSR count). The molecule has 2 fully saturated rings. The highest BCUT2D eigenvalue weighted by Crippen LogP contribution is 2.26. The minimum absolute atomic E-state index is 0.355. The van der Waals surface area contributed by atoms with Gasteiger partial charge in [-0.2, -0.15) is 0 Å². The molecule has 2 N–H and O–H groups in total. The summed E-state index contributed by atoms with van der Waals surface area (Å²) in [5, 5.41) is 13.9. The second-order valence-corrected chi connectivity index (χ2v) is 5.61. The number of rotatable bonds is 3. The molecule has 0 saturated carbocycles. The van der Waals surface area contributed by atoms with E-state index in [1.165, 1.54) is 12.8 Å². The molecule has 2 heterocycles. The summed E-state index contributed by atoms with van der Waals surface area (Å²) in [6.45, 7) is 4.16. The zero-order valence-corrected chi connectivity index (χ0v) is 10.8. The number of hydrogen-bond donors (Lipinski definition) is 2. The molecule has 1 aromatic carbocycles. The molecule has 3 nitrogen and oxygen atoms in total. The second-order valence-electron chi connectivity index (χ2n) is 5.61. The highest BCUT2D eigenvalue weighted by molar-refractivity contribution is 5.17. The maximum Gasteiger partial charge on any atom is 0.0916 e. The zero-order chi connectivity index (χ0) is 12.4. The van der Waals surface area contributed by atoms with E-state index in [1.807, 2.05) is 30.3 Å². The van der Waals surface area contributed by atoms with Gasteiger partial charge in [-0.15, -0.1) is 0 Å². The van der Waals surface area contributed by atoms with Crippen molar-refractivity contribution in [1.29, 1.82) is 0 Å². The zero-order valence-electron chi connectivity index (χ0n) is 10.8. The van der Waals surface area contributed by atoms with Crippen LogP contribution in [0, 0.1) is 5.92 Å². The first kappa shape index (κ1) is 12.2. The van der Waals surface area contributed by atoms with Crippen molar-refractivity contribution in [3.63, 3.8) is 0 Å². The predicted molar refractivity (Wildman–Crippen MR) is 72.4 cm³/mol. The van der Waals surface area contributed by atoms with Crippen molar-refractivity contribution in [3.05, 3.63) is 35.9 Å². The molecule has 0 radical (unpaired) electrons. The number of aliphatic hydroxyl groups is 1. The summed E-state index contributed by atoms with van der Waals surface area (Å²) in [6, 6.07) is 10.6. The third-order valence-electron chi connectivity index (χ3n) is 4.29. The van der Waals surface area contributed by atoms with Crippen LogP contribution in [0.15, 0.2) is 30.3 Å². The second kappa shape index (κ2) is 5.39. The molecule has 1 aromatic rings. The van der Waals surface area contributed by atoms with E-state index in [1.54, 1.807) is 0 Å². The monoisotopic (exact) mass is 246 g/mol. The van der Waals surface area contributed by atoms with Crippen LogP contribution in [0.5, 0.6) is 0 Å². The predicted octanol–water partition coefficient (Wildman–Crippen LogP) is 1.40. The summed E-state index contributed by atoms with van der Waals surface area (Å²) < 4.78 is 0. The molecule has 0 aliphatic carbocycles. The summed E-state index contributed by atoms with van der Waals surface area (Å²) in [6.07, 6.45) is 2.29. The Balaban J connectivity index is 1.57. The lowest BCUT2D eigenvalue weighted by Crippen LogP contribution is -2.40. The summed E-state index contributed by atoms with van der Waals surface area (Å²) in [5.74, 6) is 0.793. The smallest absolute Gasteiger partial charge is 0.0916 e. The van der Waals surface area contributed by atoms with Crippen molar-refractivity contribution in [2.45, 2.75) is 25.0 Å². The largest absolute Gasteiger partial charge is 0.387 e. The Hall–Kier alpha value is -0.900. The number of hydrogen-bond acceptors (Lipinski definition) is 3. The quantitative estimate of drug-likeness (QED) is 0.846. The van der Waals surface area contributed by atoms with Crippen LogP contribution < -0.4 is 5.32 Å². The molecule has 98 valence electrons. The lowest BCUT2D eigenvalue weighted by molar-refractivity contribution is 0.123. The normalized spacial score (nSPS) is 30.1. The van der Waals surface area contributed by atoms with E-state index in [4.69, 9.17) is 0 Å². The first-order valence-electron chi connectivity index (χ1n) is 7.01. The van der Waals surface area contributed by atoms with Crippen molar-refractivity contribution < 1.29 is 5.11 Å². The third kappa shape index (κ3) is 2.58. The summed E-state index contributed by atoms with van der Waals surface area (Å²) in [4.78, 5) is 2.41. The molecule has 18 heavy (non-hydrogen) atoms. The van der Waals surface area contributed by atoms with Crippen LogP contribution in [0.25, 0.3) is 0 Å². The topological polar surface area (TPSA) is 35.5 Å². The van der Waals surface area contributed by atoms with E-state index in [0.717, 1.165) is 37.7 Å². The standard InChI is InChI=1S/C15H22N2O/c18-15(12-5-2-1-3-6-12)11-17-9-13-7-4-8-16-14(13)10-17/h1-3,5-6,13-16,18H,4,7-11H2. The molecular formula is C15H22N2O. The number of likely N-dealkylation sites (tertiary alicyclic amines) is 1. The molecule has 0 spiro atoms. The number of fused-ring (bicyclic) bond motifs is 1. The fraction of sp³-hybridized carbons (Fsp3) is 0.600. The molecular weight excluding hydrogens is 224 g/mol.